The molecule has 2 unspecified atom stereocenters. The zero-order valence-corrected chi connectivity index (χ0v) is 44.8. The maximum atomic E-state index is 12.2. The second-order valence-corrected chi connectivity index (χ2v) is 32.4. The zero-order valence-electron chi connectivity index (χ0n) is 41.6. The van der Waals surface area contributed by atoms with Gasteiger partial charge in [-0.25, -0.2) is 0 Å². The predicted molar refractivity (Wildman–Crippen MR) is 299 cm³/mol. The molecule has 1 heterocycles. The van der Waals surface area contributed by atoms with Crippen molar-refractivity contribution in [1.29, 1.82) is 0 Å². The van der Waals surface area contributed by atoms with Crippen molar-refractivity contribution in [1.82, 2.24) is 0 Å². The number of benzene rings is 8. The predicted octanol–water partition coefficient (Wildman–Crippen LogP) is 18.3. The number of rotatable bonds is 6. The van der Waals surface area contributed by atoms with Gasteiger partial charge in [-0.3, -0.25) is 0 Å². The summed E-state index contributed by atoms with van der Waals surface area (Å²) in [5.41, 5.74) is 11.1. The van der Waals surface area contributed by atoms with E-state index in [1.54, 1.807) is 0 Å². The van der Waals surface area contributed by atoms with Crippen LogP contribution in [-0.2, 0) is 37.8 Å². The summed E-state index contributed by atoms with van der Waals surface area (Å²) >= 11 is -0.351. The van der Waals surface area contributed by atoms with Crippen molar-refractivity contribution in [2.75, 3.05) is 0 Å². The molecular formula is C64H70O2S2Ti-2. The van der Waals surface area contributed by atoms with Gasteiger partial charge in [-0.05, 0) is 0 Å². The summed E-state index contributed by atoms with van der Waals surface area (Å²) in [7, 11) is 0.520. The van der Waals surface area contributed by atoms with Gasteiger partial charge in [-0.2, -0.15) is 49.2 Å². The number of fused-ring (bicyclic) bond motifs is 3. The van der Waals surface area contributed by atoms with Crippen LogP contribution in [0.2, 0.25) is 0 Å². The van der Waals surface area contributed by atoms with Crippen LogP contribution in [0.1, 0.15) is 113 Å². The average molecular weight is 983 g/mol. The molecule has 0 saturated heterocycles. The number of aromatic hydroxyl groups is 2. The van der Waals surface area contributed by atoms with Crippen LogP contribution in [0.15, 0.2) is 170 Å². The van der Waals surface area contributed by atoms with E-state index in [0.717, 1.165) is 66.5 Å². The Morgan fingerprint density at radius 2 is 0.812 bits per heavy atom. The second kappa shape index (κ2) is 22.4. The molecule has 4 atom stereocenters. The molecule has 0 amide bonds. The van der Waals surface area contributed by atoms with Gasteiger partial charge in [0.25, 0.3) is 0 Å². The fourth-order valence-electron chi connectivity index (χ4n) is 9.52. The maximum Gasteiger partial charge on any atom is -0.0866 e. The standard InChI is InChI=1S/C50H56O2S2.2C7H7.Ti/c1-49(2,3)41-27-39(47(51)43(29-41)37-23-21-33-15-11-13-17-35(33)25-37)31-53-45-19-9-7-8-10-20-46(45)54-32-40-28-42(50(4,5)6)30-44(48(40)52)38-24-22-34-16-12-14-18-36(34)26-38;2*1-7-5-3-2-4-6-7;/h11-18,21-30,45-46,51-52H,7-10,19-20,31-32H2,1-6H3;2*2-6H,1H2;/q;2*-1;/t45-,46?;;;/m0.../s1. The van der Waals surface area contributed by atoms with E-state index in [4.69, 9.17) is 0 Å². The first kappa shape index (κ1) is 50.4. The van der Waals surface area contributed by atoms with Crippen LogP contribution in [0.25, 0.3) is 43.8 Å². The van der Waals surface area contributed by atoms with Crippen molar-refractivity contribution in [2.45, 2.75) is 113 Å². The molecular weight excluding hydrogens is 913 g/mol. The van der Waals surface area contributed by atoms with Crippen LogP contribution < -0.4 is 0 Å². The largest absolute Gasteiger partial charge is 0.199 e. The van der Waals surface area contributed by atoms with Gasteiger partial charge in [0, 0.05) is 0 Å². The molecule has 0 aromatic heterocycles. The van der Waals surface area contributed by atoms with E-state index < -0.39 is 0 Å². The monoisotopic (exact) mass is 982 g/mol. The Kier molecular flexibility index (Phi) is 16.4. The van der Waals surface area contributed by atoms with E-state index in [1.165, 1.54) is 71.2 Å². The number of phenols is 2. The summed E-state index contributed by atoms with van der Waals surface area (Å²) in [6, 6.07) is 59.2. The van der Waals surface area contributed by atoms with Crippen LogP contribution in [0.3, 0.4) is 0 Å². The van der Waals surface area contributed by atoms with Crippen molar-refractivity contribution >= 4 is 37.5 Å². The van der Waals surface area contributed by atoms with E-state index in [1.807, 2.05) is 60.7 Å². The van der Waals surface area contributed by atoms with Crippen LogP contribution >= 0.6 is 15.9 Å². The summed E-state index contributed by atoms with van der Waals surface area (Å²) < 4.78 is 0. The van der Waals surface area contributed by atoms with Gasteiger partial charge < -0.3 is 0 Å². The third-order valence-electron chi connectivity index (χ3n) is 13.6. The molecule has 2 nitrogen and oxygen atoms in total. The van der Waals surface area contributed by atoms with Gasteiger partial charge in [0.05, 0.1) is 0 Å². The minimum Gasteiger partial charge on any atom is -0.199 e. The van der Waals surface area contributed by atoms with E-state index in [0.29, 0.717) is 11.5 Å². The van der Waals surface area contributed by atoms with Crippen molar-refractivity contribution in [3.05, 3.63) is 217 Å². The molecule has 5 heteroatoms. The fourth-order valence-corrected chi connectivity index (χ4v) is 30.4. The third-order valence-corrected chi connectivity index (χ3v) is 29.6. The Labute approximate surface area is 423 Å². The number of hydrogen-bond donors (Lipinski definition) is 2. The number of hydrogen-bond acceptors (Lipinski definition) is 2. The molecule has 2 N–H and O–H groups in total. The van der Waals surface area contributed by atoms with Crippen LogP contribution in [-0.4, -0.2) is 20.7 Å². The van der Waals surface area contributed by atoms with Gasteiger partial charge >= 0.3 is 341 Å². The summed E-state index contributed by atoms with van der Waals surface area (Å²) in [6.45, 7) is 21.2. The summed E-state index contributed by atoms with van der Waals surface area (Å²) in [4.78, 5) is 0. The van der Waals surface area contributed by atoms with Gasteiger partial charge in [-0.1, -0.05) is 12.1 Å². The summed E-state index contributed by atoms with van der Waals surface area (Å²) in [5.74, 6) is 2.92. The normalized spacial score (nSPS) is 18.0. The molecule has 0 spiro atoms. The Bertz CT molecular complexity index is 2910. The third kappa shape index (κ3) is 12.7. The van der Waals surface area contributed by atoms with Gasteiger partial charge in [0.15, 0.2) is 0 Å². The fraction of sp³-hybridized carbons (Fsp3) is 0.281. The molecule has 1 saturated carbocycles. The van der Waals surface area contributed by atoms with E-state index in [2.05, 4.69) is 165 Å². The topological polar surface area (TPSA) is 40.5 Å². The molecule has 10 rings (SSSR count). The van der Waals surface area contributed by atoms with Crippen LogP contribution in [0.5, 0.6) is 11.5 Å². The Morgan fingerprint density at radius 3 is 1.16 bits per heavy atom. The molecule has 1 aliphatic heterocycles. The first-order valence-electron chi connectivity index (χ1n) is 24.7. The zero-order chi connectivity index (χ0) is 48.7. The molecule has 0 radical (unpaired) electrons. The maximum absolute atomic E-state index is 12.2. The molecule has 356 valence electrons. The first-order valence-corrected chi connectivity index (χ1v) is 31.5. The van der Waals surface area contributed by atoms with E-state index in [9.17, 15) is 10.2 Å². The van der Waals surface area contributed by atoms with Gasteiger partial charge in [-0.15, -0.1) is 24.3 Å². The van der Waals surface area contributed by atoms with E-state index >= 15 is 0 Å². The molecule has 8 aromatic carbocycles. The minimum atomic E-state index is -0.351. The first-order chi connectivity index (χ1) is 33.1. The SMILES string of the molecule is CC(C)(C)c1cc(C[S]2=[Ti]=[S@@](Cc3cc(C(C)(C)C)cc(-c4ccc5ccccc5c4)c3O)C3CCCCCC[C@@H]32)c(O)c(-c2ccc3ccccc3c2)c1.[CH2-]c1ccccc1.[CH2-]c1ccccc1. The van der Waals surface area contributed by atoms with Crippen molar-refractivity contribution in [3.8, 4) is 33.8 Å². The quantitative estimate of drug-likeness (QED) is 0.129. The van der Waals surface area contributed by atoms with E-state index in [-0.39, 0.29) is 42.2 Å². The van der Waals surface area contributed by atoms with Crippen LogP contribution in [0.4, 0.5) is 0 Å². The molecule has 2 aliphatic rings. The molecule has 8 aromatic rings. The smallest absolute Gasteiger partial charge is 0.0866 e. The van der Waals surface area contributed by atoms with Crippen molar-refractivity contribution in [2.24, 2.45) is 0 Å². The molecule has 0 bridgehead atoms. The summed E-state index contributed by atoms with van der Waals surface area (Å²) in [6.07, 6.45) is 7.95. The second-order valence-electron chi connectivity index (χ2n) is 21.0. The van der Waals surface area contributed by atoms with Crippen LogP contribution in [0, 0.1) is 13.8 Å². The summed E-state index contributed by atoms with van der Waals surface area (Å²) in [5, 5.41) is 30.7. The molecule has 69 heavy (non-hydrogen) atoms. The van der Waals surface area contributed by atoms with Crippen molar-refractivity contribution < 1.29 is 25.7 Å². The molecule has 1 fully saturated rings. The van der Waals surface area contributed by atoms with Gasteiger partial charge in [0.2, 0.25) is 0 Å². The Morgan fingerprint density at radius 1 is 0.449 bits per heavy atom. The average Bonchev–Trinajstić information content (AvgIpc) is 3.63. The molecule has 1 aliphatic carbocycles. The Hall–Kier alpha value is -4.97. The van der Waals surface area contributed by atoms with Crippen molar-refractivity contribution in [3.63, 3.8) is 0 Å². The Balaban J connectivity index is 0.000000393. The van der Waals surface area contributed by atoms with Gasteiger partial charge in [0.1, 0.15) is 0 Å². The number of phenolic OH excluding ortho intramolecular Hbond substituents is 2. The minimum absolute atomic E-state index is 0.0332.